The van der Waals surface area contributed by atoms with Crippen LogP contribution in [0.25, 0.3) is 0 Å². The maximum absolute atomic E-state index is 13.0. The average Bonchev–Trinajstić information content (AvgIpc) is 2.36. The number of nitrogens with one attached hydrogen (secondary N) is 2. The zero-order valence-electron chi connectivity index (χ0n) is 10.8. The molecule has 0 saturated carbocycles. The number of anilines is 2. The van der Waals surface area contributed by atoms with Gasteiger partial charge in [-0.1, -0.05) is 28.1 Å². The van der Waals surface area contributed by atoms with Crippen molar-refractivity contribution in [2.24, 2.45) is 5.14 Å². The van der Waals surface area contributed by atoms with Crippen molar-refractivity contribution in [3.63, 3.8) is 0 Å². The Kier molecular flexibility index (Phi) is 4.81. The van der Waals surface area contributed by atoms with Crippen LogP contribution in [0.3, 0.4) is 0 Å². The molecule has 0 bridgehead atoms. The predicted octanol–water partition coefficient (Wildman–Crippen LogP) is 2.82. The minimum absolute atomic E-state index is 0.315. The van der Waals surface area contributed by atoms with Crippen LogP contribution in [0.15, 0.2) is 46.9 Å². The zero-order valence-corrected chi connectivity index (χ0v) is 13.2. The molecule has 21 heavy (non-hydrogen) atoms. The van der Waals surface area contributed by atoms with Gasteiger partial charge in [0.2, 0.25) is 0 Å². The second kappa shape index (κ2) is 6.42. The normalized spacial score (nSPS) is 11.2. The van der Waals surface area contributed by atoms with Crippen molar-refractivity contribution in [3.8, 4) is 0 Å². The molecule has 8 heteroatoms. The molecule has 0 atom stereocenters. The van der Waals surface area contributed by atoms with E-state index in [0.717, 1.165) is 5.56 Å². The van der Waals surface area contributed by atoms with Gasteiger partial charge in [-0.25, -0.2) is 9.53 Å². The van der Waals surface area contributed by atoms with Crippen LogP contribution >= 0.6 is 15.9 Å². The number of hydrogen-bond donors (Lipinski definition) is 3. The van der Waals surface area contributed by atoms with Crippen molar-refractivity contribution in [1.82, 2.24) is 0 Å². The van der Waals surface area contributed by atoms with E-state index >= 15 is 0 Å². The zero-order chi connectivity index (χ0) is 15.5. The second-order valence-corrected chi connectivity index (χ2v) is 6.47. The monoisotopic (exact) mass is 373 g/mol. The van der Waals surface area contributed by atoms with Gasteiger partial charge in [0.25, 0.3) is 10.2 Å². The van der Waals surface area contributed by atoms with E-state index in [1.807, 2.05) is 0 Å². The van der Waals surface area contributed by atoms with Crippen LogP contribution in [-0.4, -0.2) is 8.42 Å². The molecule has 0 heterocycles. The van der Waals surface area contributed by atoms with Crippen LogP contribution in [0.2, 0.25) is 0 Å². The summed E-state index contributed by atoms with van der Waals surface area (Å²) >= 11 is 3.29. The molecule has 0 radical (unpaired) electrons. The predicted molar refractivity (Wildman–Crippen MR) is 84.6 cm³/mol. The topological polar surface area (TPSA) is 84.2 Å². The summed E-state index contributed by atoms with van der Waals surface area (Å²) in [6, 6.07) is 11.1. The van der Waals surface area contributed by atoms with Crippen molar-refractivity contribution in [3.05, 3.63) is 58.3 Å². The fraction of sp³-hybridized carbons (Fsp3) is 0.0769. The smallest absolute Gasteiger partial charge is 0.296 e. The Hall–Kier alpha value is -1.64. The van der Waals surface area contributed by atoms with Crippen molar-refractivity contribution in [2.75, 3.05) is 10.0 Å². The number of nitrogens with two attached hydrogens (primary N) is 1. The van der Waals surface area contributed by atoms with E-state index in [9.17, 15) is 12.8 Å². The fourth-order valence-corrected chi connectivity index (χ4v) is 2.67. The molecule has 0 aliphatic carbocycles. The first kappa shape index (κ1) is 15.7. The van der Waals surface area contributed by atoms with Gasteiger partial charge in [-0.05, 0) is 35.9 Å². The van der Waals surface area contributed by atoms with Gasteiger partial charge < -0.3 is 5.32 Å². The summed E-state index contributed by atoms with van der Waals surface area (Å²) < 4.78 is 37.8. The lowest BCUT2D eigenvalue weighted by Crippen LogP contribution is -2.21. The molecule has 0 spiro atoms. The molecular formula is C13H13BrFN3O2S. The summed E-state index contributed by atoms with van der Waals surface area (Å²) in [5, 5.41) is 8.03. The third-order valence-electron chi connectivity index (χ3n) is 2.62. The molecule has 0 aliphatic rings. The first-order valence-corrected chi connectivity index (χ1v) is 8.26. The Bertz CT molecular complexity index is 753. The summed E-state index contributed by atoms with van der Waals surface area (Å²) in [4.78, 5) is 0. The lowest BCUT2D eigenvalue weighted by Gasteiger charge is -2.10. The Morgan fingerprint density at radius 3 is 2.52 bits per heavy atom. The highest BCUT2D eigenvalue weighted by molar-refractivity contribution is 9.10. The lowest BCUT2D eigenvalue weighted by molar-refractivity contribution is 0.603. The van der Waals surface area contributed by atoms with Crippen LogP contribution < -0.4 is 15.2 Å². The Balaban J connectivity index is 2.08. The summed E-state index contributed by atoms with van der Waals surface area (Å²) in [6.07, 6.45) is 0. The number of benzene rings is 2. The van der Waals surface area contributed by atoms with E-state index in [1.165, 1.54) is 12.1 Å². The van der Waals surface area contributed by atoms with Gasteiger partial charge in [0, 0.05) is 16.7 Å². The number of rotatable bonds is 5. The van der Waals surface area contributed by atoms with Gasteiger partial charge in [-0.15, -0.1) is 0 Å². The molecule has 2 aromatic rings. The Labute approximate surface area is 130 Å². The molecule has 0 fully saturated rings. The lowest BCUT2D eigenvalue weighted by atomic mass is 10.2. The van der Waals surface area contributed by atoms with E-state index < -0.39 is 10.2 Å². The third kappa shape index (κ3) is 5.00. The largest absolute Gasteiger partial charge is 0.381 e. The van der Waals surface area contributed by atoms with Crippen molar-refractivity contribution >= 4 is 37.5 Å². The summed E-state index contributed by atoms with van der Waals surface area (Å²) in [5.41, 5.74) is 1.95. The SMILES string of the molecule is NS(=O)(=O)Nc1cccc(NCc2ccc(F)cc2Br)c1. The molecule has 0 unspecified atom stereocenters. The van der Waals surface area contributed by atoms with Gasteiger partial charge in [-0.3, -0.25) is 4.72 Å². The highest BCUT2D eigenvalue weighted by Gasteiger charge is 2.04. The fourth-order valence-electron chi connectivity index (χ4n) is 1.72. The van der Waals surface area contributed by atoms with E-state index in [0.29, 0.717) is 22.4 Å². The van der Waals surface area contributed by atoms with E-state index in [1.54, 1.807) is 30.3 Å². The Morgan fingerprint density at radius 1 is 1.14 bits per heavy atom. The molecular weight excluding hydrogens is 361 g/mol. The van der Waals surface area contributed by atoms with E-state index in [4.69, 9.17) is 5.14 Å². The summed E-state index contributed by atoms with van der Waals surface area (Å²) in [6.45, 7) is 0.458. The van der Waals surface area contributed by atoms with Crippen LogP contribution in [-0.2, 0) is 16.8 Å². The molecule has 0 amide bonds. The van der Waals surface area contributed by atoms with Gasteiger partial charge >= 0.3 is 0 Å². The van der Waals surface area contributed by atoms with Crippen molar-refractivity contribution in [1.29, 1.82) is 0 Å². The molecule has 4 N–H and O–H groups in total. The van der Waals surface area contributed by atoms with Gasteiger partial charge in [-0.2, -0.15) is 8.42 Å². The first-order chi connectivity index (χ1) is 9.83. The summed E-state index contributed by atoms with van der Waals surface area (Å²) in [5.74, 6) is -0.315. The maximum atomic E-state index is 13.0. The van der Waals surface area contributed by atoms with Crippen molar-refractivity contribution in [2.45, 2.75) is 6.54 Å². The third-order valence-corrected chi connectivity index (χ3v) is 3.88. The van der Waals surface area contributed by atoms with E-state index in [2.05, 4.69) is 26.0 Å². The minimum Gasteiger partial charge on any atom is -0.381 e. The molecule has 2 aromatic carbocycles. The number of hydrogen-bond acceptors (Lipinski definition) is 3. The maximum Gasteiger partial charge on any atom is 0.296 e. The average molecular weight is 374 g/mol. The minimum atomic E-state index is -3.80. The first-order valence-electron chi connectivity index (χ1n) is 5.92. The molecule has 0 aromatic heterocycles. The van der Waals surface area contributed by atoms with Crippen LogP contribution in [0, 0.1) is 5.82 Å². The highest BCUT2D eigenvalue weighted by atomic mass is 79.9. The van der Waals surface area contributed by atoms with Crippen LogP contribution in [0.4, 0.5) is 15.8 Å². The van der Waals surface area contributed by atoms with Crippen molar-refractivity contribution < 1.29 is 12.8 Å². The molecule has 0 aliphatic heterocycles. The standard InChI is InChI=1S/C13H13BrFN3O2S/c14-13-6-10(15)5-4-9(13)8-17-11-2-1-3-12(7-11)18-21(16,19)20/h1-7,17-18H,8H2,(H2,16,19,20). The van der Waals surface area contributed by atoms with Crippen LogP contribution in [0.1, 0.15) is 5.56 Å². The van der Waals surface area contributed by atoms with Gasteiger partial charge in [0.15, 0.2) is 0 Å². The second-order valence-electron chi connectivity index (χ2n) is 4.32. The van der Waals surface area contributed by atoms with Gasteiger partial charge in [0.05, 0.1) is 5.69 Å². The summed E-state index contributed by atoms with van der Waals surface area (Å²) in [7, 11) is -3.80. The quantitative estimate of drug-likeness (QED) is 0.753. The molecule has 5 nitrogen and oxygen atoms in total. The van der Waals surface area contributed by atoms with Crippen LogP contribution in [0.5, 0.6) is 0 Å². The number of halogens is 2. The molecule has 2 rings (SSSR count). The highest BCUT2D eigenvalue weighted by Crippen LogP contribution is 2.21. The van der Waals surface area contributed by atoms with Gasteiger partial charge in [0.1, 0.15) is 5.82 Å². The molecule has 112 valence electrons. The van der Waals surface area contributed by atoms with E-state index in [-0.39, 0.29) is 5.82 Å². The Morgan fingerprint density at radius 2 is 1.86 bits per heavy atom. The molecule has 0 saturated heterocycles.